The maximum Gasteiger partial charge on any atom is 0.265 e. The summed E-state index contributed by atoms with van der Waals surface area (Å²) in [5, 5.41) is 5.23. The Bertz CT molecular complexity index is 1020. The van der Waals surface area contributed by atoms with Crippen LogP contribution in [0.3, 0.4) is 0 Å². The number of sulfonamides is 1. The van der Waals surface area contributed by atoms with Gasteiger partial charge in [0.15, 0.2) is 6.10 Å². The fourth-order valence-corrected chi connectivity index (χ4v) is 3.71. The van der Waals surface area contributed by atoms with E-state index >= 15 is 0 Å². The SMILES string of the molecule is C[C@H](NS(=O)(=O)c1ccc(F)cc1)C(=O)Nc1ccc2c(c1)NC(=O)[C@@H](C)O2. The van der Waals surface area contributed by atoms with Gasteiger partial charge in [0.1, 0.15) is 11.6 Å². The van der Waals surface area contributed by atoms with Crippen molar-refractivity contribution < 1.29 is 27.1 Å². The molecule has 0 spiro atoms. The fourth-order valence-electron chi connectivity index (χ4n) is 2.51. The third-order valence-corrected chi connectivity index (χ3v) is 5.58. The predicted molar refractivity (Wildman–Crippen MR) is 100.0 cm³/mol. The van der Waals surface area contributed by atoms with Gasteiger partial charge in [-0.25, -0.2) is 12.8 Å². The highest BCUT2D eigenvalue weighted by molar-refractivity contribution is 7.89. The highest BCUT2D eigenvalue weighted by Gasteiger charge is 2.25. The van der Waals surface area contributed by atoms with Gasteiger partial charge in [0.25, 0.3) is 5.91 Å². The average molecular weight is 407 g/mol. The molecule has 0 aromatic heterocycles. The van der Waals surface area contributed by atoms with Crippen LogP contribution in [0, 0.1) is 5.82 Å². The lowest BCUT2D eigenvalue weighted by molar-refractivity contribution is -0.122. The second-order valence-corrected chi connectivity index (χ2v) is 7.96. The summed E-state index contributed by atoms with van der Waals surface area (Å²) in [5.41, 5.74) is 0.760. The number of hydrogen-bond acceptors (Lipinski definition) is 5. The van der Waals surface area contributed by atoms with Gasteiger partial charge >= 0.3 is 0 Å². The molecule has 2 aromatic rings. The topological polar surface area (TPSA) is 114 Å². The molecule has 3 rings (SSSR count). The Hall–Kier alpha value is -2.98. The molecule has 1 heterocycles. The maximum absolute atomic E-state index is 13.0. The second kappa shape index (κ2) is 7.56. The first-order chi connectivity index (χ1) is 13.2. The van der Waals surface area contributed by atoms with Crippen LogP contribution in [-0.4, -0.2) is 32.4 Å². The van der Waals surface area contributed by atoms with Crippen LogP contribution in [0.4, 0.5) is 15.8 Å². The summed E-state index contributed by atoms with van der Waals surface area (Å²) in [4.78, 5) is 23.9. The number of carbonyl (C=O) groups is 2. The number of ether oxygens (including phenoxy) is 1. The molecule has 0 unspecified atom stereocenters. The van der Waals surface area contributed by atoms with Gasteiger partial charge in [-0.3, -0.25) is 9.59 Å². The summed E-state index contributed by atoms with van der Waals surface area (Å²) in [7, 11) is -4.00. The van der Waals surface area contributed by atoms with Crippen molar-refractivity contribution in [3.05, 3.63) is 48.3 Å². The van der Waals surface area contributed by atoms with Crippen molar-refractivity contribution in [3.8, 4) is 5.75 Å². The summed E-state index contributed by atoms with van der Waals surface area (Å²) in [6.45, 7) is 2.99. The zero-order chi connectivity index (χ0) is 20.5. The lowest BCUT2D eigenvalue weighted by Crippen LogP contribution is -2.41. The highest BCUT2D eigenvalue weighted by Crippen LogP contribution is 2.32. The molecule has 148 valence electrons. The first kappa shape index (κ1) is 19.8. The average Bonchev–Trinajstić information content (AvgIpc) is 2.63. The van der Waals surface area contributed by atoms with Crippen molar-refractivity contribution in [2.45, 2.75) is 30.9 Å². The van der Waals surface area contributed by atoms with Crippen LogP contribution in [0.1, 0.15) is 13.8 Å². The molecule has 2 amide bonds. The molecule has 0 saturated carbocycles. The Morgan fingerprint density at radius 2 is 1.89 bits per heavy atom. The molecule has 2 atom stereocenters. The van der Waals surface area contributed by atoms with E-state index in [1.165, 1.54) is 13.0 Å². The van der Waals surface area contributed by atoms with E-state index in [1.54, 1.807) is 19.1 Å². The number of carbonyl (C=O) groups excluding carboxylic acids is 2. The molecule has 0 bridgehead atoms. The monoisotopic (exact) mass is 407 g/mol. The lowest BCUT2D eigenvalue weighted by Gasteiger charge is -2.24. The molecule has 2 aromatic carbocycles. The molecule has 0 saturated heterocycles. The number of amides is 2. The van der Waals surface area contributed by atoms with Crippen LogP contribution in [0.25, 0.3) is 0 Å². The third kappa shape index (κ3) is 4.29. The smallest absolute Gasteiger partial charge is 0.265 e. The Morgan fingerprint density at radius 1 is 1.21 bits per heavy atom. The summed E-state index contributed by atoms with van der Waals surface area (Å²) in [6, 6.07) is 7.82. The Kier molecular flexibility index (Phi) is 5.34. The number of benzene rings is 2. The fraction of sp³-hybridized carbons (Fsp3) is 0.222. The minimum absolute atomic E-state index is 0.156. The molecule has 0 radical (unpaired) electrons. The van der Waals surface area contributed by atoms with E-state index in [1.807, 2.05) is 0 Å². The molecular formula is C18H18FN3O5S. The van der Waals surface area contributed by atoms with E-state index in [9.17, 15) is 22.4 Å². The molecule has 1 aliphatic heterocycles. The van der Waals surface area contributed by atoms with Crippen LogP contribution in [-0.2, 0) is 19.6 Å². The molecule has 10 heteroatoms. The van der Waals surface area contributed by atoms with E-state index in [0.717, 1.165) is 24.3 Å². The Balaban J connectivity index is 1.68. The van der Waals surface area contributed by atoms with Crippen molar-refractivity contribution in [2.24, 2.45) is 0 Å². The normalized spacial score (nSPS) is 17.1. The molecule has 28 heavy (non-hydrogen) atoms. The zero-order valence-corrected chi connectivity index (χ0v) is 15.8. The molecule has 0 aliphatic carbocycles. The van der Waals surface area contributed by atoms with Gasteiger partial charge in [0.05, 0.1) is 16.6 Å². The van der Waals surface area contributed by atoms with Crippen molar-refractivity contribution in [3.63, 3.8) is 0 Å². The summed E-state index contributed by atoms with van der Waals surface area (Å²) in [5.74, 6) is -1.02. The van der Waals surface area contributed by atoms with Gasteiger partial charge < -0.3 is 15.4 Å². The van der Waals surface area contributed by atoms with Gasteiger partial charge in [-0.2, -0.15) is 4.72 Å². The van der Waals surface area contributed by atoms with E-state index in [2.05, 4.69) is 15.4 Å². The van der Waals surface area contributed by atoms with Crippen LogP contribution in [0.2, 0.25) is 0 Å². The zero-order valence-electron chi connectivity index (χ0n) is 15.0. The molecule has 3 N–H and O–H groups in total. The summed E-state index contributed by atoms with van der Waals surface area (Å²) < 4.78 is 45.2. The van der Waals surface area contributed by atoms with Gasteiger partial charge in [-0.05, 0) is 56.3 Å². The Labute approximate surface area is 161 Å². The molecule has 8 nitrogen and oxygen atoms in total. The highest BCUT2D eigenvalue weighted by atomic mass is 32.2. The summed E-state index contributed by atoms with van der Waals surface area (Å²) >= 11 is 0. The standard InChI is InChI=1S/C18H18FN3O5S/c1-10(22-28(25,26)14-6-3-12(19)4-7-14)17(23)20-13-5-8-16-15(9-13)21-18(24)11(2)27-16/h3-11,22H,1-2H3,(H,20,23)(H,21,24)/t10-,11+/m0/s1. The molecule has 0 fully saturated rings. The van der Waals surface area contributed by atoms with E-state index in [0.29, 0.717) is 17.1 Å². The minimum atomic E-state index is -4.00. The number of fused-ring (bicyclic) bond motifs is 1. The predicted octanol–water partition coefficient (Wildman–Crippen LogP) is 1.85. The van der Waals surface area contributed by atoms with Gasteiger partial charge in [-0.15, -0.1) is 0 Å². The number of hydrogen-bond donors (Lipinski definition) is 3. The van der Waals surface area contributed by atoms with Gasteiger partial charge in [0.2, 0.25) is 15.9 Å². The van der Waals surface area contributed by atoms with Crippen molar-refractivity contribution in [1.29, 1.82) is 0 Å². The summed E-state index contributed by atoms with van der Waals surface area (Å²) in [6.07, 6.45) is -0.617. The number of anilines is 2. The van der Waals surface area contributed by atoms with Crippen LogP contribution >= 0.6 is 0 Å². The van der Waals surface area contributed by atoms with Crippen molar-refractivity contribution >= 4 is 33.2 Å². The number of halogens is 1. The van der Waals surface area contributed by atoms with Crippen molar-refractivity contribution in [1.82, 2.24) is 4.72 Å². The van der Waals surface area contributed by atoms with Crippen LogP contribution in [0.15, 0.2) is 47.4 Å². The lowest BCUT2D eigenvalue weighted by atomic mass is 10.2. The number of nitrogens with one attached hydrogen (secondary N) is 3. The van der Waals surface area contributed by atoms with Crippen LogP contribution in [0.5, 0.6) is 5.75 Å². The quantitative estimate of drug-likeness (QED) is 0.700. The van der Waals surface area contributed by atoms with Gasteiger partial charge in [-0.1, -0.05) is 0 Å². The van der Waals surface area contributed by atoms with E-state index in [-0.39, 0.29) is 10.8 Å². The first-order valence-electron chi connectivity index (χ1n) is 8.36. The van der Waals surface area contributed by atoms with E-state index < -0.39 is 33.9 Å². The van der Waals surface area contributed by atoms with Crippen LogP contribution < -0.4 is 20.1 Å². The largest absolute Gasteiger partial charge is 0.479 e. The van der Waals surface area contributed by atoms with Crippen molar-refractivity contribution in [2.75, 3.05) is 10.6 Å². The molecule has 1 aliphatic rings. The van der Waals surface area contributed by atoms with Gasteiger partial charge in [0, 0.05) is 5.69 Å². The molecular weight excluding hydrogens is 389 g/mol. The second-order valence-electron chi connectivity index (χ2n) is 6.25. The number of rotatable bonds is 5. The minimum Gasteiger partial charge on any atom is -0.479 e. The Morgan fingerprint density at radius 3 is 2.57 bits per heavy atom. The van der Waals surface area contributed by atoms with E-state index in [4.69, 9.17) is 4.74 Å². The maximum atomic E-state index is 13.0. The first-order valence-corrected chi connectivity index (χ1v) is 9.84. The third-order valence-electron chi connectivity index (χ3n) is 4.03.